The summed E-state index contributed by atoms with van der Waals surface area (Å²) >= 11 is 0. The molecule has 152 valence electrons. The fourth-order valence-electron chi connectivity index (χ4n) is 2.88. The highest BCUT2D eigenvalue weighted by Crippen LogP contribution is 2.50. The van der Waals surface area contributed by atoms with Crippen LogP contribution in [0.4, 0.5) is 5.69 Å². The van der Waals surface area contributed by atoms with Crippen LogP contribution < -0.4 is 10.6 Å². The first kappa shape index (κ1) is 21.1. The van der Waals surface area contributed by atoms with Gasteiger partial charge in [0.15, 0.2) is 0 Å². The molecule has 0 spiro atoms. The molecule has 1 N–H and O–H groups in total. The van der Waals surface area contributed by atoms with Crippen molar-refractivity contribution in [3.63, 3.8) is 0 Å². The van der Waals surface area contributed by atoms with Crippen LogP contribution in [-0.4, -0.2) is 28.1 Å². The van der Waals surface area contributed by atoms with E-state index in [1.165, 1.54) is 18.5 Å². The molecule has 0 saturated heterocycles. The van der Waals surface area contributed by atoms with Crippen molar-refractivity contribution in [2.75, 3.05) is 5.32 Å². The molecule has 0 fully saturated rings. The van der Waals surface area contributed by atoms with Crippen molar-refractivity contribution < 1.29 is 18.4 Å². The molecule has 0 aliphatic rings. The van der Waals surface area contributed by atoms with E-state index in [2.05, 4.69) is 15.3 Å². The molecule has 0 unspecified atom stereocenters. The number of carbonyl (C=O) groups is 1. The number of carbonyl (C=O) groups excluding carboxylic acids is 1. The van der Waals surface area contributed by atoms with E-state index >= 15 is 0 Å². The number of hydrogen-bond donors (Lipinski definition) is 1. The number of hydrogen-bond acceptors (Lipinski definition) is 6. The molecule has 3 rings (SSSR count). The number of pyridine rings is 2. The average molecular weight is 413 g/mol. The molecule has 8 heteroatoms. The Morgan fingerprint density at radius 3 is 2.38 bits per heavy atom. The van der Waals surface area contributed by atoms with Gasteiger partial charge in [-0.1, -0.05) is 18.2 Å². The fourth-order valence-corrected chi connectivity index (χ4v) is 4.95. The van der Waals surface area contributed by atoms with Gasteiger partial charge in [-0.3, -0.25) is 19.3 Å². The number of rotatable bonds is 7. The molecular formula is C21H24N3O4P. The van der Waals surface area contributed by atoms with E-state index < -0.39 is 13.5 Å². The van der Waals surface area contributed by atoms with E-state index in [0.717, 1.165) is 5.39 Å². The lowest BCUT2D eigenvalue weighted by molar-refractivity contribution is 0.102. The number of nitrogens with zero attached hydrogens (tertiary/aromatic N) is 2. The van der Waals surface area contributed by atoms with Crippen LogP contribution in [0.15, 0.2) is 55.0 Å². The first-order valence-electron chi connectivity index (χ1n) is 9.36. The molecule has 7 nitrogen and oxygen atoms in total. The van der Waals surface area contributed by atoms with Gasteiger partial charge < -0.3 is 14.4 Å². The molecule has 0 aliphatic carbocycles. The van der Waals surface area contributed by atoms with Gasteiger partial charge in [-0.2, -0.15) is 0 Å². The van der Waals surface area contributed by atoms with Gasteiger partial charge >= 0.3 is 7.60 Å². The SMILES string of the molecule is CC(C)OP(=O)(OC(C)C)c1cnccc1C(=O)Nc1cccc2cccnc12. The van der Waals surface area contributed by atoms with Crippen molar-refractivity contribution in [1.29, 1.82) is 0 Å². The number of aromatic nitrogens is 2. The van der Waals surface area contributed by atoms with Gasteiger partial charge in [0.2, 0.25) is 0 Å². The third-order valence-electron chi connectivity index (χ3n) is 3.92. The molecule has 29 heavy (non-hydrogen) atoms. The molecule has 0 bridgehead atoms. The molecular weight excluding hydrogens is 389 g/mol. The highest BCUT2D eigenvalue weighted by atomic mass is 31.2. The zero-order valence-electron chi connectivity index (χ0n) is 16.8. The van der Waals surface area contributed by atoms with Gasteiger partial charge in [-0.05, 0) is 45.9 Å². The largest absolute Gasteiger partial charge is 0.364 e. The highest BCUT2D eigenvalue weighted by Gasteiger charge is 2.35. The summed E-state index contributed by atoms with van der Waals surface area (Å²) in [5, 5.41) is 3.89. The molecule has 2 aromatic heterocycles. The normalized spacial score (nSPS) is 11.9. The Bertz CT molecular complexity index is 1050. The van der Waals surface area contributed by atoms with Gasteiger partial charge in [0.25, 0.3) is 5.91 Å². The Kier molecular flexibility index (Phi) is 6.42. The fraction of sp³-hybridized carbons (Fsp3) is 0.286. The summed E-state index contributed by atoms with van der Waals surface area (Å²) in [7, 11) is -3.77. The van der Waals surface area contributed by atoms with E-state index in [0.29, 0.717) is 11.2 Å². The molecule has 0 saturated carbocycles. The van der Waals surface area contributed by atoms with E-state index in [-0.39, 0.29) is 23.1 Å². The van der Waals surface area contributed by atoms with Gasteiger partial charge in [0.05, 0.1) is 34.3 Å². The quantitative estimate of drug-likeness (QED) is 0.572. The first-order chi connectivity index (χ1) is 13.8. The zero-order chi connectivity index (χ0) is 21.0. The maximum atomic E-state index is 13.5. The van der Waals surface area contributed by atoms with Gasteiger partial charge in [0, 0.05) is 24.0 Å². The number of fused-ring (bicyclic) bond motifs is 1. The topological polar surface area (TPSA) is 90.4 Å². The number of anilines is 1. The Balaban J connectivity index is 2.01. The van der Waals surface area contributed by atoms with Crippen molar-refractivity contribution in [3.8, 4) is 0 Å². The molecule has 0 aliphatic heterocycles. The van der Waals surface area contributed by atoms with E-state index in [1.807, 2.05) is 24.3 Å². The number of amides is 1. The summed E-state index contributed by atoms with van der Waals surface area (Å²) < 4.78 is 24.8. The lowest BCUT2D eigenvalue weighted by Gasteiger charge is -2.24. The monoisotopic (exact) mass is 413 g/mol. The van der Waals surface area contributed by atoms with E-state index in [9.17, 15) is 9.36 Å². The summed E-state index contributed by atoms with van der Waals surface area (Å²) in [6, 6.07) is 10.8. The van der Waals surface area contributed by atoms with Gasteiger partial charge in [0.1, 0.15) is 0 Å². The number of benzene rings is 1. The van der Waals surface area contributed by atoms with Crippen LogP contribution in [0.3, 0.4) is 0 Å². The molecule has 3 aromatic rings. The van der Waals surface area contributed by atoms with Crippen molar-refractivity contribution in [3.05, 3.63) is 60.6 Å². The van der Waals surface area contributed by atoms with E-state index in [1.54, 1.807) is 40.0 Å². The lowest BCUT2D eigenvalue weighted by atomic mass is 10.2. The maximum Gasteiger partial charge on any atom is 0.364 e. The van der Waals surface area contributed by atoms with Crippen LogP contribution in [0.25, 0.3) is 10.9 Å². The molecule has 1 amide bonds. The van der Waals surface area contributed by atoms with Crippen molar-refractivity contribution in [2.45, 2.75) is 39.9 Å². The standard InChI is InChI=1S/C21H24N3O4P/c1-14(2)27-29(26,28-15(3)4)19-13-22-12-10-17(19)21(25)24-18-9-5-7-16-8-6-11-23-20(16)18/h5-15H,1-4H3,(H,24,25). The number of nitrogens with one attached hydrogen (secondary N) is 1. The Morgan fingerprint density at radius 2 is 1.69 bits per heavy atom. The van der Waals surface area contributed by atoms with Crippen LogP contribution in [0.2, 0.25) is 0 Å². The van der Waals surface area contributed by atoms with Crippen molar-refractivity contribution in [2.24, 2.45) is 0 Å². The van der Waals surface area contributed by atoms with Crippen LogP contribution in [0.1, 0.15) is 38.1 Å². The zero-order valence-corrected chi connectivity index (χ0v) is 17.7. The minimum Gasteiger partial charge on any atom is -0.320 e. The van der Waals surface area contributed by atoms with E-state index in [4.69, 9.17) is 9.05 Å². The summed E-state index contributed by atoms with van der Waals surface area (Å²) in [5.74, 6) is -0.444. The first-order valence-corrected chi connectivity index (χ1v) is 10.9. The second-order valence-electron chi connectivity index (χ2n) is 7.03. The van der Waals surface area contributed by atoms with Crippen LogP contribution >= 0.6 is 7.60 Å². The Labute approximate surface area is 170 Å². The molecule has 1 aromatic carbocycles. The van der Waals surface area contributed by atoms with Crippen molar-refractivity contribution >= 4 is 35.4 Å². The van der Waals surface area contributed by atoms with Crippen LogP contribution in [0.5, 0.6) is 0 Å². The summed E-state index contributed by atoms with van der Waals surface area (Å²) in [5.41, 5.74) is 1.40. The average Bonchev–Trinajstić information content (AvgIpc) is 2.67. The smallest absolute Gasteiger partial charge is 0.320 e. The third-order valence-corrected chi connectivity index (χ3v) is 6.26. The maximum absolute atomic E-state index is 13.5. The van der Waals surface area contributed by atoms with Crippen molar-refractivity contribution in [1.82, 2.24) is 9.97 Å². The summed E-state index contributed by atoms with van der Waals surface area (Å²) in [6.45, 7) is 7.03. The predicted octanol–water partition coefficient (Wildman–Crippen LogP) is 4.55. The van der Waals surface area contributed by atoms with Gasteiger partial charge in [-0.25, -0.2) is 0 Å². The van der Waals surface area contributed by atoms with Gasteiger partial charge in [-0.15, -0.1) is 0 Å². The second-order valence-corrected chi connectivity index (χ2v) is 8.93. The van der Waals surface area contributed by atoms with Crippen LogP contribution in [0, 0.1) is 0 Å². The van der Waals surface area contributed by atoms with Crippen LogP contribution in [-0.2, 0) is 13.6 Å². The Morgan fingerprint density at radius 1 is 1.00 bits per heavy atom. The minimum atomic E-state index is -3.77. The highest BCUT2D eigenvalue weighted by molar-refractivity contribution is 7.62. The minimum absolute atomic E-state index is 0.132. The predicted molar refractivity (Wildman–Crippen MR) is 114 cm³/mol. The summed E-state index contributed by atoms with van der Waals surface area (Å²) in [6.07, 6.45) is 3.77. The molecule has 0 radical (unpaired) electrons. The molecule has 2 heterocycles. The third kappa shape index (κ3) is 4.88. The Hall–Kier alpha value is -2.60. The summed E-state index contributed by atoms with van der Waals surface area (Å²) in [4.78, 5) is 21.5. The second kappa shape index (κ2) is 8.82. The molecule has 0 atom stereocenters. The number of para-hydroxylation sites is 1. The lowest BCUT2D eigenvalue weighted by Crippen LogP contribution is -2.26.